The molecule has 0 aromatic heterocycles. The molecule has 4 nitrogen and oxygen atoms in total. The van der Waals surface area contributed by atoms with E-state index in [2.05, 4.69) is 5.32 Å². The van der Waals surface area contributed by atoms with Crippen molar-refractivity contribution in [3.05, 3.63) is 5.57 Å². The van der Waals surface area contributed by atoms with Crippen LogP contribution in [-0.4, -0.2) is 43.4 Å². The number of likely N-dealkylation sites (N-methyl/N-ethyl adjacent to an activating group) is 1. The van der Waals surface area contributed by atoms with E-state index in [1.807, 2.05) is 0 Å². The number of nitrogens with one attached hydrogen (secondary N) is 1. The van der Waals surface area contributed by atoms with Gasteiger partial charge in [0.05, 0.1) is 0 Å². The predicted octanol–water partition coefficient (Wildman–Crippen LogP) is -0.805. The highest BCUT2D eigenvalue weighted by Crippen LogP contribution is 2.12. The lowest BCUT2D eigenvalue weighted by molar-refractivity contribution is -0.129. The molecule has 1 aliphatic heterocycles. The summed E-state index contributed by atoms with van der Waals surface area (Å²) in [6, 6.07) is -0.433. The van der Waals surface area contributed by atoms with Gasteiger partial charge < -0.3 is 10.2 Å². The van der Waals surface area contributed by atoms with Gasteiger partial charge in [0.2, 0.25) is 5.91 Å². The van der Waals surface area contributed by atoms with Crippen LogP contribution in [0.15, 0.2) is 5.57 Å². The summed E-state index contributed by atoms with van der Waals surface area (Å²) in [6.45, 7) is 0.689. The normalized spacial score (nSPS) is 22.2. The van der Waals surface area contributed by atoms with Gasteiger partial charge in [0.25, 0.3) is 0 Å². The van der Waals surface area contributed by atoms with E-state index >= 15 is 0 Å². The molecule has 1 rings (SSSR count). The van der Waals surface area contributed by atoms with Gasteiger partial charge in [-0.15, -0.1) is 0 Å². The predicted molar refractivity (Wildman–Crippen MR) is 44.3 cm³/mol. The summed E-state index contributed by atoms with van der Waals surface area (Å²) >= 11 is 0. The smallest absolute Gasteiger partial charge is 0.244 e. The fourth-order valence-electron chi connectivity index (χ4n) is 1.22. The molecule has 0 saturated carbocycles. The van der Waals surface area contributed by atoms with Crippen molar-refractivity contribution in [2.24, 2.45) is 0 Å². The van der Waals surface area contributed by atoms with Crippen molar-refractivity contribution in [1.29, 1.82) is 0 Å². The quantitative estimate of drug-likeness (QED) is 0.521. The van der Waals surface area contributed by atoms with Gasteiger partial charge in [-0.05, 0) is 6.42 Å². The van der Waals surface area contributed by atoms with Crippen molar-refractivity contribution in [1.82, 2.24) is 10.2 Å². The molecule has 4 heteroatoms. The van der Waals surface area contributed by atoms with Crippen LogP contribution in [0.2, 0.25) is 0 Å². The van der Waals surface area contributed by atoms with Gasteiger partial charge in [-0.2, -0.15) is 0 Å². The van der Waals surface area contributed by atoms with E-state index < -0.39 is 6.04 Å². The molecule has 1 amide bonds. The molecule has 12 heavy (non-hydrogen) atoms. The van der Waals surface area contributed by atoms with Gasteiger partial charge in [-0.25, -0.2) is 4.79 Å². The first-order valence-corrected chi connectivity index (χ1v) is 3.85. The minimum Gasteiger partial charge on any atom is -0.347 e. The zero-order valence-corrected chi connectivity index (χ0v) is 7.26. The van der Waals surface area contributed by atoms with Crippen LogP contribution in [0.25, 0.3) is 0 Å². The number of nitrogens with zero attached hydrogens (tertiary/aromatic N) is 1. The van der Waals surface area contributed by atoms with Crippen LogP contribution >= 0.6 is 0 Å². The van der Waals surface area contributed by atoms with Crippen molar-refractivity contribution in [2.75, 3.05) is 20.6 Å². The van der Waals surface area contributed by atoms with Crippen LogP contribution in [0.3, 0.4) is 0 Å². The van der Waals surface area contributed by atoms with Crippen molar-refractivity contribution in [2.45, 2.75) is 12.5 Å². The highest BCUT2D eigenvalue weighted by molar-refractivity contribution is 5.87. The SMILES string of the molecule is CN(C)C(=O)[C@H]1NCCC1=C=O. The van der Waals surface area contributed by atoms with Crippen LogP contribution in [-0.2, 0) is 9.59 Å². The van der Waals surface area contributed by atoms with E-state index in [0.717, 1.165) is 0 Å². The molecule has 1 N–H and O–H groups in total. The Kier molecular flexibility index (Phi) is 2.63. The number of carbonyl (C=O) groups is 1. The largest absolute Gasteiger partial charge is 0.347 e. The molecule has 1 heterocycles. The molecule has 0 radical (unpaired) electrons. The van der Waals surface area contributed by atoms with Crippen molar-refractivity contribution >= 4 is 11.8 Å². The lowest BCUT2D eigenvalue weighted by atomic mass is 10.1. The van der Waals surface area contributed by atoms with Crippen molar-refractivity contribution in [3.8, 4) is 0 Å². The van der Waals surface area contributed by atoms with Crippen LogP contribution in [0.4, 0.5) is 0 Å². The van der Waals surface area contributed by atoms with Gasteiger partial charge >= 0.3 is 0 Å². The summed E-state index contributed by atoms with van der Waals surface area (Å²) < 4.78 is 0. The average Bonchev–Trinajstić information content (AvgIpc) is 2.49. The molecule has 0 aromatic rings. The Hall–Kier alpha value is -1.12. The minimum absolute atomic E-state index is 0.0779. The molecule has 66 valence electrons. The number of carbonyl (C=O) groups excluding carboxylic acids is 2. The summed E-state index contributed by atoms with van der Waals surface area (Å²) in [5.41, 5.74) is 0.536. The van der Waals surface area contributed by atoms with Gasteiger partial charge in [0.1, 0.15) is 12.0 Å². The first kappa shape index (κ1) is 8.97. The standard InChI is InChI=1S/C8H12N2O2/c1-10(2)8(12)7-6(5-11)3-4-9-7/h7,9H,3-4H2,1-2H3/t7-/m0/s1. The van der Waals surface area contributed by atoms with E-state index in [-0.39, 0.29) is 5.91 Å². The van der Waals surface area contributed by atoms with Crippen LogP contribution < -0.4 is 5.32 Å². The fourth-order valence-corrected chi connectivity index (χ4v) is 1.22. The molecule has 0 spiro atoms. The summed E-state index contributed by atoms with van der Waals surface area (Å²) in [6.07, 6.45) is 0.633. The Morgan fingerprint density at radius 1 is 1.67 bits per heavy atom. The van der Waals surface area contributed by atoms with E-state index in [1.54, 1.807) is 20.0 Å². The maximum Gasteiger partial charge on any atom is 0.244 e. The molecule has 1 fully saturated rings. The Bertz CT molecular complexity index is 241. The van der Waals surface area contributed by atoms with E-state index in [9.17, 15) is 9.59 Å². The van der Waals surface area contributed by atoms with Gasteiger partial charge in [0.15, 0.2) is 0 Å². The Morgan fingerprint density at radius 3 is 2.83 bits per heavy atom. The third kappa shape index (κ3) is 1.55. The second-order valence-corrected chi connectivity index (χ2v) is 3.00. The zero-order valence-electron chi connectivity index (χ0n) is 7.26. The fraction of sp³-hybridized carbons (Fsp3) is 0.625. The molecular formula is C8H12N2O2. The van der Waals surface area contributed by atoms with Crippen LogP contribution in [0.5, 0.6) is 0 Å². The Morgan fingerprint density at radius 2 is 2.33 bits per heavy atom. The molecule has 0 unspecified atom stereocenters. The third-order valence-electron chi connectivity index (χ3n) is 1.91. The lowest BCUT2D eigenvalue weighted by Gasteiger charge is -2.15. The molecule has 0 aliphatic carbocycles. The van der Waals surface area contributed by atoms with Crippen molar-refractivity contribution in [3.63, 3.8) is 0 Å². The summed E-state index contributed by atoms with van der Waals surface area (Å²) in [4.78, 5) is 23.2. The second-order valence-electron chi connectivity index (χ2n) is 3.00. The van der Waals surface area contributed by atoms with E-state index in [1.165, 1.54) is 4.90 Å². The second kappa shape index (κ2) is 3.52. The number of hydrogen-bond acceptors (Lipinski definition) is 3. The number of rotatable bonds is 1. The lowest BCUT2D eigenvalue weighted by Crippen LogP contribution is -2.40. The monoisotopic (exact) mass is 168 g/mol. The average molecular weight is 168 g/mol. The van der Waals surface area contributed by atoms with Crippen LogP contribution in [0.1, 0.15) is 6.42 Å². The molecular weight excluding hydrogens is 156 g/mol. The van der Waals surface area contributed by atoms with E-state index in [0.29, 0.717) is 18.5 Å². The van der Waals surface area contributed by atoms with Gasteiger partial charge in [0, 0.05) is 26.2 Å². The maximum absolute atomic E-state index is 11.4. The zero-order chi connectivity index (χ0) is 9.14. The van der Waals surface area contributed by atoms with E-state index in [4.69, 9.17) is 0 Å². The molecule has 0 aromatic carbocycles. The van der Waals surface area contributed by atoms with Gasteiger partial charge in [-0.3, -0.25) is 4.79 Å². The Balaban J connectivity index is 2.75. The summed E-state index contributed by atoms with van der Waals surface area (Å²) in [7, 11) is 3.34. The minimum atomic E-state index is -0.433. The highest BCUT2D eigenvalue weighted by Gasteiger charge is 2.29. The van der Waals surface area contributed by atoms with Crippen LogP contribution in [0, 0.1) is 0 Å². The highest BCUT2D eigenvalue weighted by atomic mass is 16.2. The molecule has 0 bridgehead atoms. The topological polar surface area (TPSA) is 49.4 Å². The summed E-state index contributed by atoms with van der Waals surface area (Å²) in [5, 5.41) is 2.95. The molecule has 1 atom stereocenters. The summed E-state index contributed by atoms with van der Waals surface area (Å²) in [5.74, 6) is 1.73. The maximum atomic E-state index is 11.4. The van der Waals surface area contributed by atoms with Gasteiger partial charge in [-0.1, -0.05) is 0 Å². The van der Waals surface area contributed by atoms with Crippen molar-refractivity contribution < 1.29 is 9.59 Å². The number of hydrogen-bond donors (Lipinski definition) is 1. The third-order valence-corrected chi connectivity index (χ3v) is 1.91. The molecule has 1 aliphatic rings. The first-order chi connectivity index (χ1) is 5.66. The Labute approximate surface area is 71.2 Å². The number of amides is 1. The molecule has 1 saturated heterocycles. The first-order valence-electron chi connectivity index (χ1n) is 3.85.